The molecule has 18 heavy (non-hydrogen) atoms. The molecule has 3 heterocycles. The zero-order valence-electron chi connectivity index (χ0n) is 9.04. The van der Waals surface area contributed by atoms with Crippen molar-refractivity contribution in [1.82, 2.24) is 40.2 Å². The summed E-state index contributed by atoms with van der Waals surface area (Å²) in [6.07, 6.45) is 1.68. The molecule has 4 aromatic rings. The van der Waals surface area contributed by atoms with E-state index in [4.69, 9.17) is 0 Å². The Morgan fingerprint density at radius 3 is 2.67 bits per heavy atom. The second kappa shape index (κ2) is 3.29. The van der Waals surface area contributed by atoms with Crippen molar-refractivity contribution in [2.45, 2.75) is 0 Å². The Labute approximate surface area is 99.8 Å². The topological polar surface area (TPSA) is 86.7 Å². The number of rotatable bonds is 1. The van der Waals surface area contributed by atoms with Crippen LogP contribution in [0.15, 0.2) is 36.5 Å². The number of aromatic nitrogens is 8. The molecule has 0 aliphatic heterocycles. The molecule has 0 atom stereocenters. The number of hydrogen-bond acceptors (Lipinski definition) is 6. The van der Waals surface area contributed by atoms with Crippen LogP contribution in [-0.4, -0.2) is 40.2 Å². The molecule has 0 bridgehead atoms. The van der Waals surface area contributed by atoms with E-state index in [-0.39, 0.29) is 0 Å². The van der Waals surface area contributed by atoms with Gasteiger partial charge in [-0.2, -0.15) is 5.10 Å². The van der Waals surface area contributed by atoms with Crippen LogP contribution in [0.5, 0.6) is 0 Å². The average molecular weight is 238 g/mol. The number of tetrazole rings is 1. The molecule has 0 aliphatic carbocycles. The Bertz CT molecular complexity index is 831. The Morgan fingerprint density at radius 1 is 0.889 bits per heavy atom. The summed E-state index contributed by atoms with van der Waals surface area (Å²) in [4.78, 5) is 0. The van der Waals surface area contributed by atoms with E-state index in [1.165, 1.54) is 4.63 Å². The maximum Gasteiger partial charge on any atom is 0.214 e. The third-order valence-electron chi connectivity index (χ3n) is 2.66. The van der Waals surface area contributed by atoms with E-state index in [1.54, 1.807) is 10.9 Å². The first kappa shape index (κ1) is 9.16. The quantitative estimate of drug-likeness (QED) is 0.472. The lowest BCUT2D eigenvalue weighted by Gasteiger charge is -2.00. The molecule has 0 spiro atoms. The predicted octanol–water partition coefficient (Wildman–Crippen LogP) is 0.253. The van der Waals surface area contributed by atoms with Crippen molar-refractivity contribution in [3.63, 3.8) is 0 Å². The maximum absolute atomic E-state index is 4.30. The molecule has 3 aromatic heterocycles. The molecule has 0 fully saturated rings. The SMILES string of the molecule is c1ccc(-n2ncc3c2nnn2nnnc32)cc1. The van der Waals surface area contributed by atoms with Crippen molar-refractivity contribution >= 4 is 16.7 Å². The van der Waals surface area contributed by atoms with Crippen LogP contribution in [0.3, 0.4) is 0 Å². The molecule has 8 nitrogen and oxygen atoms in total. The van der Waals surface area contributed by atoms with Crippen LogP contribution in [-0.2, 0) is 0 Å². The molecule has 0 radical (unpaired) electrons. The molecule has 1 aromatic carbocycles. The van der Waals surface area contributed by atoms with Crippen LogP contribution in [0.1, 0.15) is 0 Å². The van der Waals surface area contributed by atoms with Crippen LogP contribution in [0, 0.1) is 0 Å². The molecule has 86 valence electrons. The standard InChI is InChI=1S/C10H6N8/c1-2-4-7(5-3-1)17-9-8(6-11-17)10-12-14-16-18(10)15-13-9/h1-6H. The van der Waals surface area contributed by atoms with Crippen molar-refractivity contribution in [2.75, 3.05) is 0 Å². The van der Waals surface area contributed by atoms with E-state index in [0.29, 0.717) is 11.3 Å². The van der Waals surface area contributed by atoms with Crippen LogP contribution in [0.4, 0.5) is 0 Å². The molecule has 0 amide bonds. The van der Waals surface area contributed by atoms with Gasteiger partial charge in [-0.1, -0.05) is 22.8 Å². The van der Waals surface area contributed by atoms with Crippen molar-refractivity contribution in [2.24, 2.45) is 0 Å². The molecule has 0 saturated carbocycles. The average Bonchev–Trinajstić information content (AvgIpc) is 3.05. The van der Waals surface area contributed by atoms with Crippen LogP contribution < -0.4 is 0 Å². The minimum Gasteiger partial charge on any atom is -0.213 e. The number of nitrogens with zero attached hydrogens (tertiary/aromatic N) is 8. The summed E-state index contributed by atoms with van der Waals surface area (Å²) in [6, 6.07) is 9.71. The van der Waals surface area contributed by atoms with E-state index in [2.05, 4.69) is 30.9 Å². The zero-order chi connectivity index (χ0) is 11.9. The summed E-state index contributed by atoms with van der Waals surface area (Å²) < 4.78 is 2.98. The van der Waals surface area contributed by atoms with Gasteiger partial charge in [-0.15, -0.1) is 10.2 Å². The van der Waals surface area contributed by atoms with Gasteiger partial charge in [0.15, 0.2) is 5.65 Å². The normalized spacial score (nSPS) is 11.3. The number of benzene rings is 1. The summed E-state index contributed by atoms with van der Waals surface area (Å²) in [7, 11) is 0. The summed E-state index contributed by atoms with van der Waals surface area (Å²) in [5, 5.41) is 24.2. The second-order valence-electron chi connectivity index (χ2n) is 3.71. The Hall–Kier alpha value is -2.90. The van der Waals surface area contributed by atoms with Gasteiger partial charge in [0.05, 0.1) is 17.3 Å². The lowest BCUT2D eigenvalue weighted by molar-refractivity contribution is 0.682. The molecule has 0 unspecified atom stereocenters. The molecule has 0 N–H and O–H groups in total. The molecular weight excluding hydrogens is 232 g/mol. The Balaban J connectivity index is 2.09. The Kier molecular flexibility index (Phi) is 1.68. The van der Waals surface area contributed by atoms with Crippen molar-refractivity contribution in [1.29, 1.82) is 0 Å². The van der Waals surface area contributed by atoms with Crippen molar-refractivity contribution < 1.29 is 0 Å². The van der Waals surface area contributed by atoms with Crippen LogP contribution in [0.2, 0.25) is 0 Å². The van der Waals surface area contributed by atoms with Gasteiger partial charge in [0.2, 0.25) is 5.65 Å². The lowest BCUT2D eigenvalue weighted by atomic mass is 10.3. The van der Waals surface area contributed by atoms with Gasteiger partial charge in [0.25, 0.3) is 0 Å². The van der Waals surface area contributed by atoms with E-state index < -0.39 is 0 Å². The van der Waals surface area contributed by atoms with Gasteiger partial charge in [-0.05, 0) is 27.8 Å². The van der Waals surface area contributed by atoms with Gasteiger partial charge in [-0.25, -0.2) is 4.68 Å². The lowest BCUT2D eigenvalue weighted by Crippen LogP contribution is -2.02. The third kappa shape index (κ3) is 1.14. The second-order valence-corrected chi connectivity index (χ2v) is 3.71. The number of para-hydroxylation sites is 1. The van der Waals surface area contributed by atoms with Gasteiger partial charge < -0.3 is 0 Å². The first-order valence-corrected chi connectivity index (χ1v) is 5.28. The summed E-state index contributed by atoms with van der Waals surface area (Å²) in [5.74, 6) is 0. The van der Waals surface area contributed by atoms with E-state index >= 15 is 0 Å². The first-order valence-electron chi connectivity index (χ1n) is 5.28. The fourth-order valence-corrected chi connectivity index (χ4v) is 1.84. The fraction of sp³-hybridized carbons (Fsp3) is 0. The fourth-order valence-electron chi connectivity index (χ4n) is 1.84. The highest BCUT2D eigenvalue weighted by Gasteiger charge is 2.12. The first-order chi connectivity index (χ1) is 8.93. The predicted molar refractivity (Wildman–Crippen MR) is 61.0 cm³/mol. The van der Waals surface area contributed by atoms with Crippen molar-refractivity contribution in [3.8, 4) is 5.69 Å². The van der Waals surface area contributed by atoms with Crippen LogP contribution in [0.25, 0.3) is 22.4 Å². The maximum atomic E-state index is 4.30. The molecule has 8 heteroatoms. The van der Waals surface area contributed by atoms with E-state index in [0.717, 1.165) is 11.1 Å². The van der Waals surface area contributed by atoms with E-state index in [9.17, 15) is 0 Å². The number of hydrogen-bond donors (Lipinski definition) is 0. The third-order valence-corrected chi connectivity index (χ3v) is 2.66. The largest absolute Gasteiger partial charge is 0.214 e. The summed E-state index contributed by atoms with van der Waals surface area (Å²) in [6.45, 7) is 0. The summed E-state index contributed by atoms with van der Waals surface area (Å²) in [5.41, 5.74) is 2.09. The van der Waals surface area contributed by atoms with Gasteiger partial charge in [0.1, 0.15) is 0 Å². The monoisotopic (exact) mass is 238 g/mol. The van der Waals surface area contributed by atoms with E-state index in [1.807, 2.05) is 30.3 Å². The van der Waals surface area contributed by atoms with Gasteiger partial charge >= 0.3 is 0 Å². The highest BCUT2D eigenvalue weighted by molar-refractivity contribution is 5.88. The van der Waals surface area contributed by atoms with Gasteiger partial charge in [0, 0.05) is 0 Å². The molecular formula is C10H6N8. The minimum atomic E-state index is 0.544. The van der Waals surface area contributed by atoms with Crippen molar-refractivity contribution in [3.05, 3.63) is 36.5 Å². The van der Waals surface area contributed by atoms with Gasteiger partial charge in [-0.3, -0.25) is 0 Å². The molecule has 4 rings (SSSR count). The Morgan fingerprint density at radius 2 is 1.78 bits per heavy atom. The highest BCUT2D eigenvalue weighted by Crippen LogP contribution is 2.17. The smallest absolute Gasteiger partial charge is 0.213 e. The zero-order valence-corrected chi connectivity index (χ0v) is 9.04. The summed E-state index contributed by atoms with van der Waals surface area (Å²) >= 11 is 0. The molecule has 0 aliphatic rings. The van der Waals surface area contributed by atoms with Crippen LogP contribution >= 0.6 is 0 Å². The minimum absolute atomic E-state index is 0.544. The number of fused-ring (bicyclic) bond motifs is 3. The highest BCUT2D eigenvalue weighted by atomic mass is 15.6. The molecule has 0 saturated heterocycles.